The van der Waals surface area contributed by atoms with E-state index in [2.05, 4.69) is 10.6 Å². The van der Waals surface area contributed by atoms with Crippen LogP contribution in [-0.4, -0.2) is 37.9 Å². The van der Waals surface area contributed by atoms with E-state index in [0.717, 1.165) is 19.4 Å². The molecular weight excluding hydrogens is 270 g/mol. The lowest BCUT2D eigenvalue weighted by Crippen LogP contribution is -2.72. The fourth-order valence-electron chi connectivity index (χ4n) is 3.18. The van der Waals surface area contributed by atoms with Gasteiger partial charge in [-0.05, 0) is 25.0 Å². The summed E-state index contributed by atoms with van der Waals surface area (Å²) in [7, 11) is 1.57. The molecule has 3 rings (SSSR count). The highest BCUT2D eigenvalue weighted by atomic mass is 16.5. The molecule has 4 atom stereocenters. The summed E-state index contributed by atoms with van der Waals surface area (Å²) in [5.41, 5.74) is 6.76. The topological polar surface area (TPSA) is 85.6 Å². The number of carbonyl (C=O) groups is 1. The third-order valence-electron chi connectivity index (χ3n) is 4.33. The lowest BCUT2D eigenvalue weighted by atomic mass is 9.69. The molecule has 0 radical (unpaired) electrons. The first-order valence-corrected chi connectivity index (χ1v) is 7.28. The van der Waals surface area contributed by atoms with Crippen LogP contribution in [0.25, 0.3) is 0 Å². The molecule has 4 N–H and O–H groups in total. The van der Waals surface area contributed by atoms with E-state index in [9.17, 15) is 4.79 Å². The van der Waals surface area contributed by atoms with Crippen LogP contribution in [0.5, 0.6) is 5.75 Å². The largest absolute Gasteiger partial charge is 0.495 e. The molecule has 21 heavy (non-hydrogen) atoms. The van der Waals surface area contributed by atoms with Gasteiger partial charge >= 0.3 is 6.03 Å². The van der Waals surface area contributed by atoms with Crippen molar-refractivity contribution in [3.05, 3.63) is 24.3 Å². The van der Waals surface area contributed by atoms with Crippen LogP contribution in [0.2, 0.25) is 0 Å². The van der Waals surface area contributed by atoms with Gasteiger partial charge in [-0.1, -0.05) is 12.1 Å². The number of methoxy groups -OCH3 is 1. The number of carbonyl (C=O) groups excluding carboxylic acids is 1. The highest BCUT2D eigenvalue weighted by Crippen LogP contribution is 2.37. The Bertz CT molecular complexity index is 523. The molecule has 0 spiro atoms. The summed E-state index contributed by atoms with van der Waals surface area (Å²) in [6, 6.07) is 6.85. The second kappa shape index (κ2) is 5.91. The van der Waals surface area contributed by atoms with Crippen molar-refractivity contribution in [1.82, 2.24) is 5.32 Å². The molecule has 0 aromatic heterocycles. The highest BCUT2D eigenvalue weighted by Gasteiger charge is 2.51. The van der Waals surface area contributed by atoms with Crippen molar-refractivity contribution in [3.63, 3.8) is 0 Å². The maximum absolute atomic E-state index is 12.1. The maximum atomic E-state index is 12.1. The van der Waals surface area contributed by atoms with Crippen LogP contribution >= 0.6 is 0 Å². The van der Waals surface area contributed by atoms with Gasteiger partial charge in [0, 0.05) is 18.6 Å². The molecule has 1 saturated carbocycles. The molecule has 1 aliphatic heterocycles. The van der Waals surface area contributed by atoms with E-state index < -0.39 is 0 Å². The van der Waals surface area contributed by atoms with Gasteiger partial charge in [-0.2, -0.15) is 0 Å². The summed E-state index contributed by atoms with van der Waals surface area (Å²) < 4.78 is 10.9. The first-order valence-electron chi connectivity index (χ1n) is 7.28. The second-order valence-electron chi connectivity index (χ2n) is 5.54. The van der Waals surface area contributed by atoms with E-state index in [1.54, 1.807) is 19.2 Å². The number of ether oxygens (including phenoxy) is 2. The molecule has 114 valence electrons. The summed E-state index contributed by atoms with van der Waals surface area (Å²) >= 11 is 0. The smallest absolute Gasteiger partial charge is 0.319 e. The number of rotatable bonds is 3. The Morgan fingerprint density at radius 2 is 2.24 bits per heavy atom. The number of para-hydroxylation sites is 2. The van der Waals surface area contributed by atoms with Crippen molar-refractivity contribution >= 4 is 11.7 Å². The number of benzene rings is 1. The summed E-state index contributed by atoms with van der Waals surface area (Å²) in [5.74, 6) is 0.993. The van der Waals surface area contributed by atoms with Crippen molar-refractivity contribution in [2.75, 3.05) is 19.0 Å². The Balaban J connectivity index is 1.59. The molecule has 1 aromatic rings. The number of urea groups is 1. The van der Waals surface area contributed by atoms with E-state index >= 15 is 0 Å². The monoisotopic (exact) mass is 291 g/mol. The van der Waals surface area contributed by atoms with Gasteiger partial charge in [0.25, 0.3) is 0 Å². The Kier molecular flexibility index (Phi) is 3.98. The average molecular weight is 291 g/mol. The van der Waals surface area contributed by atoms with E-state index in [1.807, 2.05) is 12.1 Å². The summed E-state index contributed by atoms with van der Waals surface area (Å²) in [6.07, 6.45) is 2.19. The van der Waals surface area contributed by atoms with Gasteiger partial charge in [0.05, 0.1) is 24.9 Å². The highest BCUT2D eigenvalue weighted by molar-refractivity contribution is 5.91. The normalized spacial score (nSPS) is 30.8. The number of nitrogens with two attached hydrogens (primary N) is 1. The molecule has 1 aliphatic carbocycles. The van der Waals surface area contributed by atoms with Gasteiger partial charge < -0.3 is 25.8 Å². The number of hydrogen-bond donors (Lipinski definition) is 3. The Hall–Kier alpha value is -1.79. The van der Waals surface area contributed by atoms with Gasteiger partial charge in [0.2, 0.25) is 0 Å². The van der Waals surface area contributed by atoms with Crippen molar-refractivity contribution in [1.29, 1.82) is 0 Å². The molecule has 2 aliphatic rings. The van der Waals surface area contributed by atoms with Crippen molar-refractivity contribution in [2.45, 2.75) is 31.0 Å². The molecule has 2 amide bonds. The fourth-order valence-corrected chi connectivity index (χ4v) is 3.18. The van der Waals surface area contributed by atoms with Crippen LogP contribution in [0.4, 0.5) is 10.5 Å². The lowest BCUT2D eigenvalue weighted by molar-refractivity contribution is -0.116. The van der Waals surface area contributed by atoms with Crippen LogP contribution in [-0.2, 0) is 4.74 Å². The quantitative estimate of drug-likeness (QED) is 0.784. The number of anilines is 1. The van der Waals surface area contributed by atoms with Gasteiger partial charge in [-0.3, -0.25) is 0 Å². The predicted octanol–water partition coefficient (Wildman–Crippen LogP) is 1.32. The van der Waals surface area contributed by atoms with E-state index in [4.69, 9.17) is 15.2 Å². The van der Waals surface area contributed by atoms with Gasteiger partial charge in [0.15, 0.2) is 0 Å². The predicted molar refractivity (Wildman–Crippen MR) is 79.4 cm³/mol. The minimum absolute atomic E-state index is 0.0290. The van der Waals surface area contributed by atoms with Crippen LogP contribution in [0.1, 0.15) is 12.8 Å². The van der Waals surface area contributed by atoms with Crippen LogP contribution < -0.4 is 21.1 Å². The molecule has 4 unspecified atom stereocenters. The van der Waals surface area contributed by atoms with Crippen LogP contribution in [0.15, 0.2) is 24.3 Å². The summed E-state index contributed by atoms with van der Waals surface area (Å²) in [5, 5.41) is 5.70. The Labute approximate surface area is 124 Å². The van der Waals surface area contributed by atoms with Crippen molar-refractivity contribution in [3.8, 4) is 5.75 Å². The van der Waals surface area contributed by atoms with Crippen molar-refractivity contribution < 1.29 is 14.3 Å². The molecule has 1 aromatic carbocycles. The molecule has 6 heteroatoms. The zero-order chi connectivity index (χ0) is 14.8. The van der Waals surface area contributed by atoms with Gasteiger partial charge in [-0.25, -0.2) is 4.79 Å². The fraction of sp³-hybridized carbons (Fsp3) is 0.533. The number of hydrogen-bond acceptors (Lipinski definition) is 4. The van der Waals surface area contributed by atoms with Gasteiger partial charge in [0.1, 0.15) is 5.75 Å². The molecule has 1 saturated heterocycles. The molecule has 1 heterocycles. The van der Waals surface area contributed by atoms with Gasteiger partial charge in [-0.15, -0.1) is 0 Å². The minimum Gasteiger partial charge on any atom is -0.495 e. The van der Waals surface area contributed by atoms with E-state index in [1.165, 1.54) is 0 Å². The standard InChI is InChI=1S/C15H21N3O3/c1-20-11-7-3-2-6-10(11)17-15(19)18-13-12(16)9-5-4-8-21-14(9)13/h2-3,6-7,9,12-14H,4-5,8,16H2,1H3,(H2,17,18,19). The molecular formula is C15H21N3O3. The first-order chi connectivity index (χ1) is 10.2. The Morgan fingerprint density at radius 3 is 3.05 bits per heavy atom. The third-order valence-corrected chi connectivity index (χ3v) is 4.33. The molecule has 0 bridgehead atoms. The zero-order valence-electron chi connectivity index (χ0n) is 12.0. The maximum Gasteiger partial charge on any atom is 0.319 e. The SMILES string of the molecule is COc1ccccc1NC(=O)NC1C(N)C2CCCOC21. The summed E-state index contributed by atoms with van der Waals surface area (Å²) in [4.78, 5) is 12.1. The average Bonchev–Trinajstić information content (AvgIpc) is 2.53. The second-order valence-corrected chi connectivity index (χ2v) is 5.54. The number of nitrogens with one attached hydrogen (secondary N) is 2. The molecule has 2 fully saturated rings. The third kappa shape index (κ3) is 2.69. The van der Waals surface area contributed by atoms with Crippen LogP contribution in [0.3, 0.4) is 0 Å². The first kappa shape index (κ1) is 14.2. The zero-order valence-corrected chi connectivity index (χ0v) is 12.0. The van der Waals surface area contributed by atoms with E-state index in [-0.39, 0.29) is 24.2 Å². The Morgan fingerprint density at radius 1 is 1.43 bits per heavy atom. The summed E-state index contributed by atoms with van der Waals surface area (Å²) in [6.45, 7) is 0.750. The number of fused-ring (bicyclic) bond motifs is 1. The van der Waals surface area contributed by atoms with Crippen molar-refractivity contribution in [2.24, 2.45) is 11.7 Å². The van der Waals surface area contributed by atoms with E-state index in [0.29, 0.717) is 17.4 Å². The number of amides is 2. The molecule has 6 nitrogen and oxygen atoms in total. The van der Waals surface area contributed by atoms with Crippen LogP contribution in [0, 0.1) is 5.92 Å². The lowest BCUT2D eigenvalue weighted by Gasteiger charge is -2.52. The minimum atomic E-state index is -0.285.